The molecule has 50 valence electrons. The molecule has 0 aromatic heterocycles. The SMILES string of the molecule is C1=CNCCNCCN=1. The highest BCUT2D eigenvalue weighted by Gasteiger charge is 1.84. The Morgan fingerprint density at radius 3 is 3.33 bits per heavy atom. The second-order valence-electron chi connectivity index (χ2n) is 1.86. The maximum absolute atomic E-state index is 3.96. The van der Waals surface area contributed by atoms with E-state index in [2.05, 4.69) is 21.5 Å². The summed E-state index contributed by atoms with van der Waals surface area (Å²) in [4.78, 5) is 3.96. The summed E-state index contributed by atoms with van der Waals surface area (Å²) in [5.74, 6) is 2.78. The van der Waals surface area contributed by atoms with E-state index in [0.717, 1.165) is 26.2 Å². The van der Waals surface area contributed by atoms with Crippen molar-refractivity contribution in [2.45, 2.75) is 0 Å². The second kappa shape index (κ2) is 4.13. The predicted molar refractivity (Wildman–Crippen MR) is 37.7 cm³/mol. The Morgan fingerprint density at radius 2 is 2.33 bits per heavy atom. The summed E-state index contributed by atoms with van der Waals surface area (Å²) >= 11 is 0. The summed E-state index contributed by atoms with van der Waals surface area (Å²) in [5, 5.41) is 6.25. The van der Waals surface area contributed by atoms with Crippen molar-refractivity contribution in [3.05, 3.63) is 6.20 Å². The lowest BCUT2D eigenvalue weighted by Crippen LogP contribution is -2.25. The molecular formula is C6H11N3. The highest BCUT2D eigenvalue weighted by Crippen LogP contribution is 1.67. The van der Waals surface area contributed by atoms with Crippen LogP contribution in [0, 0.1) is 0 Å². The Labute approximate surface area is 54.9 Å². The van der Waals surface area contributed by atoms with Crippen molar-refractivity contribution in [3.8, 4) is 0 Å². The van der Waals surface area contributed by atoms with Crippen molar-refractivity contribution in [1.29, 1.82) is 0 Å². The largest absolute Gasteiger partial charge is 0.382 e. The van der Waals surface area contributed by atoms with Gasteiger partial charge in [-0.25, -0.2) is 4.99 Å². The maximum Gasteiger partial charge on any atom is 0.0609 e. The van der Waals surface area contributed by atoms with Gasteiger partial charge in [0.15, 0.2) is 0 Å². The zero-order valence-corrected chi connectivity index (χ0v) is 5.35. The number of nitrogens with one attached hydrogen (secondary N) is 2. The first-order chi connectivity index (χ1) is 4.50. The molecule has 0 unspecified atom stereocenters. The van der Waals surface area contributed by atoms with Crippen LogP contribution in [-0.4, -0.2) is 32.0 Å². The lowest BCUT2D eigenvalue weighted by atomic mass is 10.6. The molecule has 1 rings (SSSR count). The molecule has 0 aromatic rings. The van der Waals surface area contributed by atoms with Gasteiger partial charge < -0.3 is 10.6 Å². The second-order valence-corrected chi connectivity index (χ2v) is 1.86. The smallest absolute Gasteiger partial charge is 0.0609 e. The van der Waals surface area contributed by atoms with Crippen LogP contribution >= 0.6 is 0 Å². The van der Waals surface area contributed by atoms with Gasteiger partial charge >= 0.3 is 0 Å². The molecule has 0 bridgehead atoms. The van der Waals surface area contributed by atoms with Crippen molar-refractivity contribution in [2.24, 2.45) is 4.99 Å². The molecule has 1 aliphatic rings. The Hall–Kier alpha value is -0.790. The highest BCUT2D eigenvalue weighted by atomic mass is 15.0. The molecule has 0 amide bonds. The molecule has 0 fully saturated rings. The van der Waals surface area contributed by atoms with Crippen LogP contribution in [0.15, 0.2) is 11.2 Å². The van der Waals surface area contributed by atoms with E-state index >= 15 is 0 Å². The Morgan fingerprint density at radius 1 is 1.33 bits per heavy atom. The van der Waals surface area contributed by atoms with E-state index in [0.29, 0.717) is 0 Å². The Balaban J connectivity index is 2.29. The summed E-state index contributed by atoms with van der Waals surface area (Å²) < 4.78 is 0. The summed E-state index contributed by atoms with van der Waals surface area (Å²) in [5.41, 5.74) is 0. The molecule has 0 aliphatic carbocycles. The van der Waals surface area contributed by atoms with Gasteiger partial charge in [-0.15, -0.1) is 0 Å². The Bertz CT molecular complexity index is 112. The van der Waals surface area contributed by atoms with Gasteiger partial charge in [-0.05, 0) is 5.87 Å². The molecule has 9 heavy (non-hydrogen) atoms. The van der Waals surface area contributed by atoms with Gasteiger partial charge in [0.1, 0.15) is 0 Å². The molecule has 0 saturated heterocycles. The number of aliphatic imine (C=N–C) groups is 1. The van der Waals surface area contributed by atoms with Gasteiger partial charge in [0.25, 0.3) is 0 Å². The fraction of sp³-hybridized carbons (Fsp3) is 0.667. The molecule has 3 nitrogen and oxygen atoms in total. The van der Waals surface area contributed by atoms with Crippen LogP contribution in [0.4, 0.5) is 0 Å². The first kappa shape index (κ1) is 6.33. The van der Waals surface area contributed by atoms with E-state index in [1.165, 1.54) is 0 Å². The van der Waals surface area contributed by atoms with Crippen molar-refractivity contribution >= 4 is 5.87 Å². The monoisotopic (exact) mass is 125 g/mol. The van der Waals surface area contributed by atoms with Gasteiger partial charge in [0, 0.05) is 19.6 Å². The highest BCUT2D eigenvalue weighted by molar-refractivity contribution is 5.50. The normalized spacial score (nSPS) is 19.6. The third-order valence-electron chi connectivity index (χ3n) is 1.10. The van der Waals surface area contributed by atoms with Crippen LogP contribution < -0.4 is 10.6 Å². The number of rotatable bonds is 0. The zero-order valence-electron chi connectivity index (χ0n) is 5.35. The Kier molecular flexibility index (Phi) is 2.90. The standard InChI is InChI=1S/C6H11N3/c1-2-8-5-6-9-4-3-7-1/h1,7,9H,3-6H2. The third kappa shape index (κ3) is 2.90. The van der Waals surface area contributed by atoms with Gasteiger partial charge in [-0.3, -0.25) is 0 Å². The maximum atomic E-state index is 3.96. The van der Waals surface area contributed by atoms with Crippen molar-refractivity contribution in [2.75, 3.05) is 26.2 Å². The van der Waals surface area contributed by atoms with Crippen molar-refractivity contribution < 1.29 is 0 Å². The summed E-state index contributed by atoms with van der Waals surface area (Å²) in [6.45, 7) is 3.76. The van der Waals surface area contributed by atoms with E-state index in [9.17, 15) is 0 Å². The first-order valence-electron chi connectivity index (χ1n) is 3.18. The van der Waals surface area contributed by atoms with Gasteiger partial charge in [0.2, 0.25) is 0 Å². The van der Waals surface area contributed by atoms with Crippen LogP contribution in [-0.2, 0) is 0 Å². The quantitative estimate of drug-likeness (QED) is 0.452. The van der Waals surface area contributed by atoms with Crippen molar-refractivity contribution in [3.63, 3.8) is 0 Å². The minimum Gasteiger partial charge on any atom is -0.382 e. The summed E-state index contributed by atoms with van der Waals surface area (Å²) in [6, 6.07) is 0. The number of hydrogen-bond acceptors (Lipinski definition) is 3. The van der Waals surface area contributed by atoms with E-state index in [-0.39, 0.29) is 0 Å². The fourth-order valence-corrected chi connectivity index (χ4v) is 0.649. The average molecular weight is 125 g/mol. The lowest BCUT2D eigenvalue weighted by Gasteiger charge is -1.98. The number of nitrogens with zero attached hydrogens (tertiary/aromatic N) is 1. The van der Waals surface area contributed by atoms with E-state index < -0.39 is 0 Å². The molecule has 1 aliphatic heterocycles. The predicted octanol–water partition coefficient (Wildman–Crippen LogP) is -0.637. The topological polar surface area (TPSA) is 36.4 Å². The summed E-state index contributed by atoms with van der Waals surface area (Å²) in [7, 11) is 0. The minimum atomic E-state index is 0.832. The summed E-state index contributed by atoms with van der Waals surface area (Å²) in [6.07, 6.45) is 1.76. The molecule has 0 saturated carbocycles. The van der Waals surface area contributed by atoms with Gasteiger partial charge in [-0.2, -0.15) is 0 Å². The van der Waals surface area contributed by atoms with E-state index in [1.54, 1.807) is 6.20 Å². The molecule has 0 spiro atoms. The molecule has 0 radical (unpaired) electrons. The van der Waals surface area contributed by atoms with Crippen LogP contribution in [0.3, 0.4) is 0 Å². The van der Waals surface area contributed by atoms with Crippen molar-refractivity contribution in [1.82, 2.24) is 10.6 Å². The van der Waals surface area contributed by atoms with E-state index in [1.807, 2.05) is 0 Å². The van der Waals surface area contributed by atoms with Gasteiger partial charge in [0.05, 0.1) is 12.7 Å². The molecule has 0 aromatic carbocycles. The third-order valence-corrected chi connectivity index (χ3v) is 1.10. The van der Waals surface area contributed by atoms with Crippen LogP contribution in [0.25, 0.3) is 0 Å². The van der Waals surface area contributed by atoms with Crippen LogP contribution in [0.2, 0.25) is 0 Å². The van der Waals surface area contributed by atoms with Gasteiger partial charge in [-0.1, -0.05) is 0 Å². The zero-order chi connectivity index (χ0) is 6.36. The number of hydrogen-bond donors (Lipinski definition) is 2. The minimum absolute atomic E-state index is 0.832. The average Bonchev–Trinajstić information content (AvgIpc) is 2.00. The molecule has 1 heterocycles. The molecule has 2 N–H and O–H groups in total. The van der Waals surface area contributed by atoms with Crippen LogP contribution in [0.1, 0.15) is 0 Å². The molecule has 3 heteroatoms. The molecular weight excluding hydrogens is 114 g/mol. The molecule has 0 atom stereocenters. The fourth-order valence-electron chi connectivity index (χ4n) is 0.649. The van der Waals surface area contributed by atoms with Crippen LogP contribution in [0.5, 0.6) is 0 Å². The lowest BCUT2D eigenvalue weighted by molar-refractivity contribution is 0.673. The van der Waals surface area contributed by atoms with E-state index in [4.69, 9.17) is 0 Å². The first-order valence-corrected chi connectivity index (χ1v) is 3.18.